The topological polar surface area (TPSA) is 68.5 Å². The highest BCUT2D eigenvalue weighted by atomic mass is 35.5. The van der Waals surface area contributed by atoms with Gasteiger partial charge in [0.25, 0.3) is 0 Å². The van der Waals surface area contributed by atoms with Crippen LogP contribution >= 0.6 is 11.6 Å². The summed E-state index contributed by atoms with van der Waals surface area (Å²) in [7, 11) is 0. The number of rotatable bonds is 4. The van der Waals surface area contributed by atoms with Gasteiger partial charge in [0, 0.05) is 11.1 Å². The summed E-state index contributed by atoms with van der Waals surface area (Å²) in [6.07, 6.45) is 3.90. The molecule has 1 aliphatic rings. The van der Waals surface area contributed by atoms with Crippen LogP contribution in [0.5, 0.6) is 0 Å². The lowest BCUT2D eigenvalue weighted by molar-refractivity contribution is 0.664. The second-order valence-electron chi connectivity index (χ2n) is 5.15. The van der Waals surface area contributed by atoms with E-state index in [-0.39, 0.29) is 0 Å². The van der Waals surface area contributed by atoms with Gasteiger partial charge < -0.3 is 5.32 Å². The largest absolute Gasteiger partial charge is 0.365 e. The zero-order valence-electron chi connectivity index (χ0n) is 11.2. The van der Waals surface area contributed by atoms with E-state index < -0.39 is 0 Å². The third-order valence-electron chi connectivity index (χ3n) is 3.50. The molecule has 3 aromatic rings. The van der Waals surface area contributed by atoms with E-state index in [0.29, 0.717) is 28.8 Å². The molecule has 106 valence electrons. The maximum Gasteiger partial charge on any atom is 0.184 e. The minimum Gasteiger partial charge on any atom is -0.365 e. The third-order valence-corrected chi connectivity index (χ3v) is 3.87. The standard InChI is InChI=1S/C14H13ClN6/c15-11-4-2-1-3-9(11)7-21-14-12(19-20-21)13(16-8-17-14)18-10-5-6-10/h1-4,8,10H,5-7H2,(H,16,17,18). The summed E-state index contributed by atoms with van der Waals surface area (Å²) in [5.41, 5.74) is 2.41. The zero-order chi connectivity index (χ0) is 14.2. The van der Waals surface area contributed by atoms with Crippen LogP contribution in [0.25, 0.3) is 11.2 Å². The fourth-order valence-electron chi connectivity index (χ4n) is 2.21. The van der Waals surface area contributed by atoms with Crippen molar-refractivity contribution in [3.63, 3.8) is 0 Å². The van der Waals surface area contributed by atoms with E-state index in [1.807, 2.05) is 24.3 Å². The quantitative estimate of drug-likeness (QED) is 0.802. The first kappa shape index (κ1) is 12.5. The van der Waals surface area contributed by atoms with Crippen molar-refractivity contribution in [3.05, 3.63) is 41.2 Å². The molecule has 0 aliphatic heterocycles. The van der Waals surface area contributed by atoms with E-state index in [4.69, 9.17) is 11.6 Å². The zero-order valence-corrected chi connectivity index (χ0v) is 12.0. The first-order valence-electron chi connectivity index (χ1n) is 6.85. The molecule has 7 heteroatoms. The van der Waals surface area contributed by atoms with Crippen molar-refractivity contribution in [2.45, 2.75) is 25.4 Å². The molecule has 0 amide bonds. The van der Waals surface area contributed by atoms with Gasteiger partial charge >= 0.3 is 0 Å². The summed E-state index contributed by atoms with van der Waals surface area (Å²) in [5.74, 6) is 0.757. The molecule has 6 nitrogen and oxygen atoms in total. The Morgan fingerprint density at radius 3 is 2.90 bits per heavy atom. The van der Waals surface area contributed by atoms with Crippen LogP contribution in [0, 0.1) is 0 Å². The van der Waals surface area contributed by atoms with Crippen molar-refractivity contribution in [1.82, 2.24) is 25.0 Å². The second-order valence-corrected chi connectivity index (χ2v) is 5.56. The van der Waals surface area contributed by atoms with Crippen LogP contribution in [-0.2, 0) is 6.54 Å². The van der Waals surface area contributed by atoms with Crippen molar-refractivity contribution in [2.75, 3.05) is 5.32 Å². The Morgan fingerprint density at radius 2 is 2.10 bits per heavy atom. The monoisotopic (exact) mass is 300 g/mol. The van der Waals surface area contributed by atoms with Gasteiger partial charge in [-0.2, -0.15) is 0 Å². The van der Waals surface area contributed by atoms with Crippen LogP contribution < -0.4 is 5.32 Å². The van der Waals surface area contributed by atoms with Crippen LogP contribution in [0.4, 0.5) is 5.82 Å². The van der Waals surface area contributed by atoms with Gasteiger partial charge in [0.05, 0.1) is 6.54 Å². The second kappa shape index (κ2) is 4.96. The Balaban J connectivity index is 1.71. The highest BCUT2D eigenvalue weighted by Gasteiger charge is 2.23. The predicted molar refractivity (Wildman–Crippen MR) is 80.3 cm³/mol. The van der Waals surface area contributed by atoms with Crippen molar-refractivity contribution in [1.29, 1.82) is 0 Å². The van der Waals surface area contributed by atoms with E-state index in [2.05, 4.69) is 25.6 Å². The first-order valence-corrected chi connectivity index (χ1v) is 7.23. The minimum atomic E-state index is 0.511. The minimum absolute atomic E-state index is 0.511. The number of hydrogen-bond acceptors (Lipinski definition) is 5. The molecule has 1 aliphatic carbocycles. The van der Waals surface area contributed by atoms with Crippen LogP contribution in [-0.4, -0.2) is 31.0 Å². The Hall–Kier alpha value is -2.21. The molecule has 2 aromatic heterocycles. The lowest BCUT2D eigenvalue weighted by Crippen LogP contribution is -2.06. The lowest BCUT2D eigenvalue weighted by Gasteiger charge is -2.05. The number of fused-ring (bicyclic) bond motifs is 1. The molecule has 0 saturated heterocycles. The van der Waals surface area contributed by atoms with E-state index in [1.165, 1.54) is 12.8 Å². The SMILES string of the molecule is Clc1ccccc1Cn1nnc2c(NC3CC3)ncnc21. The molecule has 4 rings (SSSR count). The average Bonchev–Trinajstić information content (AvgIpc) is 3.21. The number of nitrogens with one attached hydrogen (secondary N) is 1. The highest BCUT2D eigenvalue weighted by molar-refractivity contribution is 6.31. The summed E-state index contributed by atoms with van der Waals surface area (Å²) < 4.78 is 1.75. The van der Waals surface area contributed by atoms with Crippen molar-refractivity contribution >= 4 is 28.6 Å². The normalized spacial score (nSPS) is 14.5. The molecule has 0 bridgehead atoms. The van der Waals surface area contributed by atoms with Crippen molar-refractivity contribution in [2.24, 2.45) is 0 Å². The third kappa shape index (κ3) is 2.42. The Morgan fingerprint density at radius 1 is 1.24 bits per heavy atom. The maximum atomic E-state index is 6.19. The smallest absolute Gasteiger partial charge is 0.184 e. The number of hydrogen-bond donors (Lipinski definition) is 1. The number of benzene rings is 1. The van der Waals surface area contributed by atoms with Gasteiger partial charge in [0.15, 0.2) is 17.0 Å². The molecule has 1 fully saturated rings. The molecular weight excluding hydrogens is 288 g/mol. The van der Waals surface area contributed by atoms with Gasteiger partial charge in [-0.3, -0.25) is 0 Å². The summed E-state index contributed by atoms with van der Waals surface area (Å²) in [4.78, 5) is 8.56. The van der Waals surface area contributed by atoms with E-state index >= 15 is 0 Å². The van der Waals surface area contributed by atoms with E-state index in [9.17, 15) is 0 Å². The van der Waals surface area contributed by atoms with Gasteiger partial charge in [-0.1, -0.05) is 35.0 Å². The maximum absolute atomic E-state index is 6.19. The van der Waals surface area contributed by atoms with Gasteiger partial charge in [0.1, 0.15) is 6.33 Å². The Labute approximate surface area is 126 Å². The summed E-state index contributed by atoms with van der Waals surface area (Å²) >= 11 is 6.19. The van der Waals surface area contributed by atoms with Crippen molar-refractivity contribution < 1.29 is 0 Å². The van der Waals surface area contributed by atoms with Gasteiger partial charge in [-0.05, 0) is 24.5 Å². The predicted octanol–water partition coefficient (Wildman–Crippen LogP) is 2.50. The Kier molecular flexibility index (Phi) is 2.96. The first-order chi connectivity index (χ1) is 10.3. The lowest BCUT2D eigenvalue weighted by atomic mass is 10.2. The van der Waals surface area contributed by atoms with E-state index in [0.717, 1.165) is 11.4 Å². The number of halogens is 1. The number of nitrogens with zero attached hydrogens (tertiary/aromatic N) is 5. The van der Waals surface area contributed by atoms with Crippen LogP contribution in [0.1, 0.15) is 18.4 Å². The van der Waals surface area contributed by atoms with Crippen LogP contribution in [0.3, 0.4) is 0 Å². The Bertz CT molecular complexity index is 795. The molecule has 0 atom stereocenters. The molecule has 0 spiro atoms. The summed E-state index contributed by atoms with van der Waals surface area (Å²) in [5, 5.41) is 12.5. The molecule has 0 radical (unpaired) electrons. The number of anilines is 1. The summed E-state index contributed by atoms with van der Waals surface area (Å²) in [6.45, 7) is 0.538. The molecule has 21 heavy (non-hydrogen) atoms. The highest BCUT2D eigenvalue weighted by Crippen LogP contribution is 2.26. The average molecular weight is 301 g/mol. The summed E-state index contributed by atoms with van der Waals surface area (Å²) in [6, 6.07) is 8.21. The van der Waals surface area contributed by atoms with Crippen LogP contribution in [0.2, 0.25) is 5.02 Å². The van der Waals surface area contributed by atoms with Gasteiger partial charge in [0.2, 0.25) is 0 Å². The fourth-order valence-corrected chi connectivity index (χ4v) is 2.41. The molecule has 1 aromatic carbocycles. The van der Waals surface area contributed by atoms with Gasteiger partial charge in [-0.25, -0.2) is 14.6 Å². The molecule has 0 unspecified atom stereocenters. The van der Waals surface area contributed by atoms with Gasteiger partial charge in [-0.15, -0.1) is 5.10 Å². The molecule has 2 heterocycles. The molecule has 1 saturated carbocycles. The molecular formula is C14H13ClN6. The van der Waals surface area contributed by atoms with Crippen LogP contribution in [0.15, 0.2) is 30.6 Å². The van der Waals surface area contributed by atoms with E-state index in [1.54, 1.807) is 11.0 Å². The number of aromatic nitrogens is 5. The van der Waals surface area contributed by atoms with Crippen molar-refractivity contribution in [3.8, 4) is 0 Å². The fraction of sp³-hybridized carbons (Fsp3) is 0.286. The molecule has 1 N–H and O–H groups in total.